The number of ether oxygens (including phenoxy) is 2. The molecule has 0 aromatic rings. The van der Waals surface area contributed by atoms with Gasteiger partial charge in [-0.1, -0.05) is 0 Å². The van der Waals surface area contributed by atoms with E-state index in [1.165, 1.54) is 14.0 Å². The van der Waals surface area contributed by atoms with Gasteiger partial charge < -0.3 is 34.8 Å². The summed E-state index contributed by atoms with van der Waals surface area (Å²) in [4.78, 5) is 39.7. The molecule has 10 nitrogen and oxygen atoms in total. The molecule has 4 atom stereocenters. The molecule has 2 saturated heterocycles. The molecule has 10 heteroatoms. The van der Waals surface area contributed by atoms with Gasteiger partial charge in [-0.15, -0.1) is 0 Å². The fourth-order valence-electron chi connectivity index (χ4n) is 3.78. The van der Waals surface area contributed by atoms with Gasteiger partial charge in [0.05, 0.1) is 6.61 Å². The largest absolute Gasteiger partial charge is 0.388 e. The number of amides is 3. The van der Waals surface area contributed by atoms with Crippen LogP contribution < -0.4 is 5.32 Å². The minimum Gasteiger partial charge on any atom is -0.388 e. The van der Waals surface area contributed by atoms with Crippen LogP contribution in [0.5, 0.6) is 0 Å². The number of rotatable bonds is 2. The highest BCUT2D eigenvalue weighted by molar-refractivity contribution is 5.90. The molecular formula is C20H35N3O7. The van der Waals surface area contributed by atoms with E-state index in [0.29, 0.717) is 58.3 Å². The number of aliphatic hydroxyl groups excluding tert-OH is 2. The van der Waals surface area contributed by atoms with Gasteiger partial charge in [0.25, 0.3) is 0 Å². The normalized spacial score (nSPS) is 30.3. The van der Waals surface area contributed by atoms with Crippen molar-refractivity contribution in [2.75, 3.05) is 46.5 Å². The number of hydrogen-bond acceptors (Lipinski definition) is 7. The van der Waals surface area contributed by atoms with E-state index in [4.69, 9.17) is 9.47 Å². The van der Waals surface area contributed by atoms with Crippen LogP contribution in [0.2, 0.25) is 0 Å². The second-order valence-corrected chi connectivity index (χ2v) is 7.92. The maximum Gasteiger partial charge on any atom is 0.245 e. The zero-order valence-corrected chi connectivity index (χ0v) is 17.9. The molecule has 3 N–H and O–H groups in total. The van der Waals surface area contributed by atoms with Gasteiger partial charge in [0.2, 0.25) is 17.7 Å². The number of nitrogens with one attached hydrogen (secondary N) is 1. The van der Waals surface area contributed by atoms with Gasteiger partial charge in [0.1, 0.15) is 24.4 Å². The van der Waals surface area contributed by atoms with Crippen LogP contribution in [0.3, 0.4) is 0 Å². The van der Waals surface area contributed by atoms with Crippen LogP contribution in [-0.2, 0) is 23.9 Å². The third kappa shape index (κ3) is 7.19. The number of carbonyl (C=O) groups is 3. The molecule has 0 bridgehead atoms. The highest BCUT2D eigenvalue weighted by atomic mass is 16.5. The van der Waals surface area contributed by atoms with E-state index in [1.54, 1.807) is 9.80 Å². The molecule has 2 aliphatic rings. The molecule has 30 heavy (non-hydrogen) atoms. The number of methoxy groups -OCH3 is 1. The van der Waals surface area contributed by atoms with Gasteiger partial charge >= 0.3 is 0 Å². The molecule has 0 radical (unpaired) electrons. The van der Waals surface area contributed by atoms with Crippen LogP contribution in [0.25, 0.3) is 0 Å². The minimum atomic E-state index is -1.19. The van der Waals surface area contributed by atoms with E-state index >= 15 is 0 Å². The van der Waals surface area contributed by atoms with Crippen molar-refractivity contribution in [1.29, 1.82) is 0 Å². The lowest BCUT2D eigenvalue weighted by Gasteiger charge is -2.31. The van der Waals surface area contributed by atoms with Crippen molar-refractivity contribution in [2.24, 2.45) is 0 Å². The summed E-state index contributed by atoms with van der Waals surface area (Å²) < 4.78 is 10.8. The lowest BCUT2D eigenvalue weighted by molar-refractivity contribution is -0.136. The van der Waals surface area contributed by atoms with E-state index in [1.807, 2.05) is 0 Å². The molecule has 0 aliphatic carbocycles. The van der Waals surface area contributed by atoms with Gasteiger partial charge in [-0.05, 0) is 25.7 Å². The highest BCUT2D eigenvalue weighted by Crippen LogP contribution is 2.13. The lowest BCUT2D eigenvalue weighted by atomic mass is 10.1. The summed E-state index contributed by atoms with van der Waals surface area (Å²) in [6.07, 6.45) is -0.258. The van der Waals surface area contributed by atoms with Crippen molar-refractivity contribution in [3.05, 3.63) is 0 Å². The summed E-state index contributed by atoms with van der Waals surface area (Å²) >= 11 is 0. The Labute approximate surface area is 177 Å². The van der Waals surface area contributed by atoms with Crippen molar-refractivity contribution < 1.29 is 34.1 Å². The Morgan fingerprint density at radius 3 is 2.47 bits per heavy atom. The van der Waals surface area contributed by atoms with E-state index in [0.717, 1.165) is 0 Å². The molecule has 2 heterocycles. The van der Waals surface area contributed by atoms with Crippen molar-refractivity contribution in [2.45, 2.75) is 63.4 Å². The Kier molecular flexibility index (Phi) is 9.96. The van der Waals surface area contributed by atoms with Gasteiger partial charge in [-0.25, -0.2) is 0 Å². The predicted molar refractivity (Wildman–Crippen MR) is 107 cm³/mol. The number of hydrogen-bond donors (Lipinski definition) is 3. The molecule has 0 unspecified atom stereocenters. The van der Waals surface area contributed by atoms with Gasteiger partial charge in [-0.2, -0.15) is 0 Å². The lowest BCUT2D eigenvalue weighted by Crippen LogP contribution is -2.49. The Morgan fingerprint density at radius 1 is 1.13 bits per heavy atom. The minimum absolute atomic E-state index is 0.0438. The third-order valence-corrected chi connectivity index (χ3v) is 5.64. The van der Waals surface area contributed by atoms with Crippen LogP contribution in [0, 0.1) is 0 Å². The average Bonchev–Trinajstić information content (AvgIpc) is 3.15. The fraction of sp³-hybridized carbons (Fsp3) is 0.850. The predicted octanol–water partition coefficient (Wildman–Crippen LogP) is -1.12. The number of carbonyl (C=O) groups excluding carboxylic acids is 3. The van der Waals surface area contributed by atoms with Crippen LogP contribution in [-0.4, -0.2) is 109 Å². The second kappa shape index (κ2) is 12.2. The SMILES string of the molecule is CO[C@H]1CN(C(C)=O)CCCN(C(=O)[C@@H]2CCC(=O)N2)CCCCOC[C@H](O)[C@@H]1O. The standard InChI is InChI=1S/C20H35N3O7/c1-14(24)23-10-5-9-22(20(28)15-6-7-18(26)21-15)8-3-4-11-30-13-16(25)19(27)17(12-23)29-2/h15-17,19,25,27H,3-13H2,1-2H3,(H,21,26)/t15-,16-,17-,19-/m0/s1. The monoisotopic (exact) mass is 429 g/mol. The molecular weight excluding hydrogens is 394 g/mol. The molecule has 0 aromatic carbocycles. The first-order chi connectivity index (χ1) is 14.3. The van der Waals surface area contributed by atoms with Gasteiger partial charge in [-0.3, -0.25) is 14.4 Å². The first kappa shape index (κ1) is 24.5. The molecule has 0 saturated carbocycles. The first-order valence-electron chi connectivity index (χ1n) is 10.6. The fourth-order valence-corrected chi connectivity index (χ4v) is 3.78. The summed E-state index contributed by atoms with van der Waals surface area (Å²) in [5, 5.41) is 23.3. The zero-order valence-electron chi connectivity index (χ0n) is 17.9. The summed E-state index contributed by atoms with van der Waals surface area (Å²) in [6, 6.07) is -0.483. The van der Waals surface area contributed by atoms with Gasteiger partial charge in [0.15, 0.2) is 0 Å². The van der Waals surface area contributed by atoms with Crippen molar-refractivity contribution >= 4 is 17.7 Å². The first-order valence-corrected chi connectivity index (χ1v) is 10.6. The molecule has 2 aliphatic heterocycles. The molecule has 3 amide bonds. The topological polar surface area (TPSA) is 129 Å². The quantitative estimate of drug-likeness (QED) is 0.507. The van der Waals surface area contributed by atoms with Crippen molar-refractivity contribution in [3.63, 3.8) is 0 Å². The third-order valence-electron chi connectivity index (χ3n) is 5.64. The molecule has 172 valence electrons. The van der Waals surface area contributed by atoms with Crippen LogP contribution in [0.1, 0.15) is 39.0 Å². The molecule has 0 spiro atoms. The Balaban J connectivity index is 2.06. The zero-order chi connectivity index (χ0) is 22.1. The van der Waals surface area contributed by atoms with Crippen LogP contribution in [0.15, 0.2) is 0 Å². The maximum absolute atomic E-state index is 12.9. The van der Waals surface area contributed by atoms with Gasteiger partial charge in [0, 0.05) is 53.2 Å². The van der Waals surface area contributed by atoms with E-state index in [9.17, 15) is 24.6 Å². The highest BCUT2D eigenvalue weighted by Gasteiger charge is 2.32. The van der Waals surface area contributed by atoms with E-state index < -0.39 is 24.4 Å². The second-order valence-electron chi connectivity index (χ2n) is 7.92. The Morgan fingerprint density at radius 2 is 1.83 bits per heavy atom. The summed E-state index contributed by atoms with van der Waals surface area (Å²) in [7, 11) is 1.42. The Bertz CT molecular complexity index is 589. The van der Waals surface area contributed by atoms with E-state index in [-0.39, 0.29) is 30.9 Å². The average molecular weight is 430 g/mol. The van der Waals surface area contributed by atoms with Crippen LogP contribution >= 0.6 is 0 Å². The Hall–Kier alpha value is -1.75. The van der Waals surface area contributed by atoms with E-state index in [2.05, 4.69) is 5.32 Å². The number of nitrogens with zero attached hydrogens (tertiary/aromatic N) is 2. The van der Waals surface area contributed by atoms with Crippen molar-refractivity contribution in [1.82, 2.24) is 15.1 Å². The summed E-state index contributed by atoms with van der Waals surface area (Å²) in [5.41, 5.74) is 0. The van der Waals surface area contributed by atoms with Crippen LogP contribution in [0.4, 0.5) is 0 Å². The molecule has 2 rings (SSSR count). The number of aliphatic hydroxyl groups is 2. The molecule has 2 fully saturated rings. The smallest absolute Gasteiger partial charge is 0.245 e. The summed E-state index contributed by atoms with van der Waals surface area (Å²) in [6.45, 7) is 3.27. The van der Waals surface area contributed by atoms with Crippen molar-refractivity contribution in [3.8, 4) is 0 Å². The maximum atomic E-state index is 12.9. The summed E-state index contributed by atoms with van der Waals surface area (Å²) in [5.74, 6) is -0.383. The molecule has 0 aromatic heterocycles.